The summed E-state index contributed by atoms with van der Waals surface area (Å²) in [6.07, 6.45) is 0. The van der Waals surface area contributed by atoms with Crippen molar-refractivity contribution in [3.8, 4) is 11.3 Å². The molecule has 0 aliphatic carbocycles. The van der Waals surface area contributed by atoms with Crippen LogP contribution < -0.4 is 16.6 Å². The van der Waals surface area contributed by atoms with Gasteiger partial charge in [0.05, 0.1) is 17.0 Å². The number of nitrogens with zero attached hydrogens (tertiary/aromatic N) is 2. The van der Waals surface area contributed by atoms with Gasteiger partial charge < -0.3 is 10.3 Å². The van der Waals surface area contributed by atoms with Gasteiger partial charge in [-0.25, -0.2) is 4.79 Å². The number of carbonyl (C=O) groups is 1. The molecular formula is C22H17ClN4O3. The monoisotopic (exact) mass is 420 g/mol. The SMILES string of the molecule is Cn1c(=O)c2c(C3C(=O)Nc4ccccc43)c(-c3ccccc3Cl)[nH]c2n(C)c1=O. The predicted octanol–water partition coefficient (Wildman–Crippen LogP) is 2.97. The fourth-order valence-electron chi connectivity index (χ4n) is 4.20. The molecule has 1 atom stereocenters. The van der Waals surface area contributed by atoms with Crippen molar-refractivity contribution in [1.82, 2.24) is 14.1 Å². The van der Waals surface area contributed by atoms with Crippen LogP contribution in [0.25, 0.3) is 22.3 Å². The molecule has 8 heteroatoms. The maximum Gasteiger partial charge on any atom is 0.332 e. The summed E-state index contributed by atoms with van der Waals surface area (Å²) in [5.41, 5.74) is 2.61. The van der Waals surface area contributed by atoms with E-state index in [2.05, 4.69) is 10.3 Å². The van der Waals surface area contributed by atoms with E-state index >= 15 is 0 Å². The fourth-order valence-corrected chi connectivity index (χ4v) is 4.43. The number of aryl methyl sites for hydroxylation is 1. The molecule has 3 heterocycles. The number of H-pyrrole nitrogens is 1. The Kier molecular flexibility index (Phi) is 3.98. The summed E-state index contributed by atoms with van der Waals surface area (Å²) < 4.78 is 2.42. The van der Waals surface area contributed by atoms with Crippen LogP contribution in [0.4, 0.5) is 5.69 Å². The zero-order chi connectivity index (χ0) is 21.2. The minimum absolute atomic E-state index is 0.235. The maximum absolute atomic E-state index is 13.2. The molecule has 2 aromatic carbocycles. The first-order valence-corrected chi connectivity index (χ1v) is 9.74. The van der Waals surface area contributed by atoms with Gasteiger partial charge >= 0.3 is 5.69 Å². The molecule has 1 aliphatic rings. The number of anilines is 1. The Morgan fingerprint density at radius 2 is 1.63 bits per heavy atom. The standard InChI is InChI=1S/C22H17ClN4O3/c1-26-19-17(21(29)27(2)22(26)30)16(18(25-19)11-7-3-5-9-13(11)23)15-12-8-4-6-10-14(12)24-20(15)28/h3-10,15,25H,1-2H3,(H,24,28). The highest BCUT2D eigenvalue weighted by atomic mass is 35.5. The zero-order valence-electron chi connectivity index (χ0n) is 16.2. The van der Waals surface area contributed by atoms with E-state index < -0.39 is 17.2 Å². The molecule has 0 spiro atoms. The first kappa shape index (κ1) is 18.4. The van der Waals surface area contributed by atoms with Crippen LogP contribution >= 0.6 is 11.6 Å². The lowest BCUT2D eigenvalue weighted by molar-refractivity contribution is -0.116. The molecule has 0 saturated heterocycles. The van der Waals surface area contributed by atoms with E-state index in [-0.39, 0.29) is 5.91 Å². The minimum atomic E-state index is -0.716. The number of rotatable bonds is 2. The summed E-state index contributed by atoms with van der Waals surface area (Å²) in [6, 6.07) is 14.6. The van der Waals surface area contributed by atoms with Crippen LogP contribution in [-0.4, -0.2) is 20.0 Å². The van der Waals surface area contributed by atoms with E-state index in [0.29, 0.717) is 38.6 Å². The van der Waals surface area contributed by atoms with E-state index in [1.54, 1.807) is 19.2 Å². The van der Waals surface area contributed by atoms with Crippen molar-refractivity contribution >= 4 is 34.2 Å². The predicted molar refractivity (Wildman–Crippen MR) is 116 cm³/mol. The number of halogens is 1. The van der Waals surface area contributed by atoms with Gasteiger partial charge in [-0.3, -0.25) is 18.7 Å². The summed E-state index contributed by atoms with van der Waals surface area (Å²) in [4.78, 5) is 42.0. The summed E-state index contributed by atoms with van der Waals surface area (Å²) in [5, 5.41) is 3.66. The Morgan fingerprint density at radius 1 is 0.933 bits per heavy atom. The zero-order valence-corrected chi connectivity index (χ0v) is 16.9. The number of amides is 1. The molecule has 30 heavy (non-hydrogen) atoms. The van der Waals surface area contributed by atoms with Gasteiger partial charge in [0.15, 0.2) is 0 Å². The van der Waals surface area contributed by atoms with E-state index in [9.17, 15) is 14.4 Å². The second-order valence-corrected chi connectivity index (χ2v) is 7.74. The average molecular weight is 421 g/mol. The Morgan fingerprint density at radius 3 is 2.40 bits per heavy atom. The number of benzene rings is 2. The molecule has 2 N–H and O–H groups in total. The first-order valence-electron chi connectivity index (χ1n) is 9.36. The van der Waals surface area contributed by atoms with Crippen molar-refractivity contribution < 1.29 is 4.79 Å². The second-order valence-electron chi connectivity index (χ2n) is 7.33. The smallest absolute Gasteiger partial charge is 0.332 e. The second kappa shape index (κ2) is 6.47. The molecular weight excluding hydrogens is 404 g/mol. The Bertz CT molecular complexity index is 1480. The molecule has 4 aromatic rings. The van der Waals surface area contributed by atoms with Crippen molar-refractivity contribution in [2.45, 2.75) is 5.92 Å². The number of hydrogen-bond donors (Lipinski definition) is 2. The quantitative estimate of drug-likeness (QED) is 0.522. The third-order valence-electron chi connectivity index (χ3n) is 5.67. The summed E-state index contributed by atoms with van der Waals surface area (Å²) in [5.74, 6) is -0.951. The van der Waals surface area contributed by atoms with Crippen molar-refractivity contribution in [3.63, 3.8) is 0 Å². The number of carbonyl (C=O) groups excluding carboxylic acids is 1. The number of nitrogens with one attached hydrogen (secondary N) is 2. The largest absolute Gasteiger partial charge is 0.340 e. The van der Waals surface area contributed by atoms with Crippen molar-refractivity contribution in [3.05, 3.63) is 85.5 Å². The van der Waals surface area contributed by atoms with Crippen molar-refractivity contribution in [2.24, 2.45) is 14.1 Å². The van der Waals surface area contributed by atoms with Gasteiger partial charge in [0.25, 0.3) is 5.56 Å². The molecule has 0 saturated carbocycles. The third-order valence-corrected chi connectivity index (χ3v) is 6.00. The molecule has 0 fully saturated rings. The van der Waals surface area contributed by atoms with Gasteiger partial charge in [0.1, 0.15) is 5.65 Å². The lowest BCUT2D eigenvalue weighted by Gasteiger charge is -2.13. The number of para-hydroxylation sites is 1. The van der Waals surface area contributed by atoms with E-state index in [4.69, 9.17) is 11.6 Å². The number of fused-ring (bicyclic) bond motifs is 2. The lowest BCUT2D eigenvalue weighted by atomic mass is 9.89. The summed E-state index contributed by atoms with van der Waals surface area (Å²) in [6.45, 7) is 0. The van der Waals surface area contributed by atoms with E-state index in [0.717, 1.165) is 10.1 Å². The lowest BCUT2D eigenvalue weighted by Crippen LogP contribution is -2.37. The van der Waals surface area contributed by atoms with Gasteiger partial charge in [0.2, 0.25) is 5.91 Å². The van der Waals surface area contributed by atoms with Crippen LogP contribution in [-0.2, 0) is 18.9 Å². The molecule has 2 aromatic heterocycles. The van der Waals surface area contributed by atoms with Crippen molar-refractivity contribution in [2.75, 3.05) is 5.32 Å². The highest BCUT2D eigenvalue weighted by molar-refractivity contribution is 6.33. The van der Waals surface area contributed by atoms with Gasteiger partial charge in [-0.2, -0.15) is 0 Å². The molecule has 0 radical (unpaired) electrons. The van der Waals surface area contributed by atoms with Crippen molar-refractivity contribution in [1.29, 1.82) is 0 Å². The van der Waals surface area contributed by atoms with E-state index in [1.807, 2.05) is 36.4 Å². The Hall–Kier alpha value is -3.58. The topological polar surface area (TPSA) is 88.9 Å². The third kappa shape index (κ3) is 2.42. The summed E-state index contributed by atoms with van der Waals surface area (Å²) >= 11 is 6.47. The molecule has 1 aliphatic heterocycles. The van der Waals surface area contributed by atoms with Gasteiger partial charge in [-0.05, 0) is 17.7 Å². The molecule has 5 rings (SSSR count). The molecule has 0 bridgehead atoms. The van der Waals surface area contributed by atoms with Crippen LogP contribution in [0.2, 0.25) is 5.02 Å². The summed E-state index contributed by atoms with van der Waals surface area (Å²) in [7, 11) is 3.02. The average Bonchev–Trinajstić information content (AvgIpc) is 3.28. The van der Waals surface area contributed by atoms with Gasteiger partial charge in [-0.15, -0.1) is 0 Å². The minimum Gasteiger partial charge on any atom is -0.340 e. The van der Waals surface area contributed by atoms with E-state index in [1.165, 1.54) is 11.6 Å². The Balaban J connectivity index is 1.97. The highest BCUT2D eigenvalue weighted by Gasteiger charge is 2.37. The number of aromatic amines is 1. The molecule has 150 valence electrons. The van der Waals surface area contributed by atoms with Crippen LogP contribution in [0.3, 0.4) is 0 Å². The van der Waals surface area contributed by atoms with Gasteiger partial charge in [0, 0.05) is 35.9 Å². The molecule has 1 unspecified atom stereocenters. The number of aromatic nitrogens is 3. The fraction of sp³-hybridized carbons (Fsp3) is 0.136. The van der Waals surface area contributed by atoms with Crippen LogP contribution in [0, 0.1) is 0 Å². The van der Waals surface area contributed by atoms with Crippen LogP contribution in [0.15, 0.2) is 58.1 Å². The first-order chi connectivity index (χ1) is 14.4. The van der Waals surface area contributed by atoms with Crippen LogP contribution in [0.1, 0.15) is 17.0 Å². The van der Waals surface area contributed by atoms with Crippen LogP contribution in [0.5, 0.6) is 0 Å². The normalized spacial score (nSPS) is 15.4. The molecule has 1 amide bonds. The number of hydrogen-bond acceptors (Lipinski definition) is 3. The highest BCUT2D eigenvalue weighted by Crippen LogP contribution is 2.44. The van der Waals surface area contributed by atoms with Gasteiger partial charge in [-0.1, -0.05) is 48.0 Å². The molecule has 7 nitrogen and oxygen atoms in total. The Labute approximate surface area is 175 Å². The maximum atomic E-state index is 13.2.